The summed E-state index contributed by atoms with van der Waals surface area (Å²) in [5.41, 5.74) is 7.65. The number of para-hydroxylation sites is 1. The first-order valence-corrected chi connectivity index (χ1v) is 5.70. The molecule has 0 aliphatic rings. The molecule has 6 nitrogen and oxygen atoms in total. The van der Waals surface area contributed by atoms with Crippen LogP contribution in [0.1, 0.15) is 11.4 Å². The summed E-state index contributed by atoms with van der Waals surface area (Å²) < 4.78 is 1.57. The van der Waals surface area contributed by atoms with Gasteiger partial charge in [-0.2, -0.15) is 5.26 Å². The molecule has 0 aliphatic carbocycles. The van der Waals surface area contributed by atoms with E-state index in [1.54, 1.807) is 4.68 Å². The lowest BCUT2D eigenvalue weighted by atomic mass is 10.1. The van der Waals surface area contributed by atoms with Crippen LogP contribution in [-0.2, 0) is 6.54 Å². The smallest absolute Gasteiger partial charge is 0.252 e. The molecule has 0 amide bonds. The van der Waals surface area contributed by atoms with Crippen LogP contribution in [0.2, 0.25) is 0 Å². The van der Waals surface area contributed by atoms with E-state index in [1.165, 1.54) is 6.33 Å². The van der Waals surface area contributed by atoms with Gasteiger partial charge in [0.1, 0.15) is 18.2 Å². The van der Waals surface area contributed by atoms with Crippen LogP contribution >= 0.6 is 0 Å². The molecule has 2 N–H and O–H groups in total. The fourth-order valence-corrected chi connectivity index (χ4v) is 1.90. The van der Waals surface area contributed by atoms with E-state index < -0.39 is 0 Å². The predicted molar refractivity (Wildman–Crippen MR) is 70.0 cm³/mol. The molecule has 3 aromatic rings. The second-order valence-electron chi connectivity index (χ2n) is 4.10. The van der Waals surface area contributed by atoms with Gasteiger partial charge in [0.05, 0.1) is 12.1 Å². The van der Waals surface area contributed by atoms with Gasteiger partial charge < -0.3 is 5.73 Å². The number of nitrogens with two attached hydrogens (primary N) is 1. The summed E-state index contributed by atoms with van der Waals surface area (Å²) >= 11 is 0. The molecule has 0 unspecified atom stereocenters. The number of nitrogens with zero attached hydrogens (tertiary/aromatic N) is 5. The molecule has 0 aliphatic heterocycles. The Morgan fingerprint density at radius 2 is 2.16 bits per heavy atom. The van der Waals surface area contributed by atoms with Gasteiger partial charge in [0, 0.05) is 10.9 Å². The largest absolute Gasteiger partial charge is 0.383 e. The number of hydrogen-bond acceptors (Lipinski definition) is 5. The van der Waals surface area contributed by atoms with Crippen molar-refractivity contribution in [2.75, 3.05) is 5.73 Å². The third-order valence-corrected chi connectivity index (χ3v) is 2.81. The van der Waals surface area contributed by atoms with Crippen molar-refractivity contribution in [3.8, 4) is 6.07 Å². The van der Waals surface area contributed by atoms with E-state index in [2.05, 4.69) is 15.1 Å². The molecule has 2 heterocycles. The molecule has 0 bridgehead atoms. The van der Waals surface area contributed by atoms with Crippen molar-refractivity contribution < 1.29 is 0 Å². The zero-order valence-corrected chi connectivity index (χ0v) is 9.98. The van der Waals surface area contributed by atoms with Crippen LogP contribution in [0, 0.1) is 11.3 Å². The van der Waals surface area contributed by atoms with E-state index >= 15 is 0 Å². The Bertz CT molecular complexity index is 783. The zero-order chi connectivity index (χ0) is 13.2. The van der Waals surface area contributed by atoms with Crippen LogP contribution < -0.4 is 5.73 Å². The fourth-order valence-electron chi connectivity index (χ4n) is 1.90. The van der Waals surface area contributed by atoms with Crippen LogP contribution in [0.5, 0.6) is 0 Å². The third kappa shape index (κ3) is 2.09. The number of rotatable bonds is 2. The Morgan fingerprint density at radius 3 is 2.95 bits per heavy atom. The highest BCUT2D eigenvalue weighted by Gasteiger charge is 2.06. The van der Waals surface area contributed by atoms with Crippen molar-refractivity contribution >= 4 is 16.7 Å². The van der Waals surface area contributed by atoms with E-state index in [4.69, 9.17) is 11.0 Å². The van der Waals surface area contributed by atoms with E-state index in [0.717, 1.165) is 16.5 Å². The number of fused-ring (bicyclic) bond motifs is 1. The Kier molecular flexibility index (Phi) is 2.58. The second kappa shape index (κ2) is 4.38. The summed E-state index contributed by atoms with van der Waals surface area (Å²) in [5, 5.41) is 13.7. The number of pyridine rings is 1. The molecule has 6 heteroatoms. The number of hydrogen-bond donors (Lipinski definition) is 1. The second-order valence-corrected chi connectivity index (χ2v) is 4.10. The molecule has 1 aromatic carbocycles. The van der Waals surface area contributed by atoms with Gasteiger partial charge in [0.2, 0.25) is 0 Å². The maximum atomic E-state index is 8.69. The Labute approximate surface area is 109 Å². The molecule has 0 atom stereocenters. The maximum absolute atomic E-state index is 8.69. The number of aromatic nitrogens is 4. The third-order valence-electron chi connectivity index (χ3n) is 2.81. The Balaban J connectivity index is 2.00. The lowest BCUT2D eigenvalue weighted by Gasteiger charge is -2.06. The average Bonchev–Trinajstić information content (AvgIpc) is 2.87. The number of anilines is 1. The van der Waals surface area contributed by atoms with Gasteiger partial charge in [-0.3, -0.25) is 0 Å². The van der Waals surface area contributed by atoms with E-state index in [9.17, 15) is 0 Å². The van der Waals surface area contributed by atoms with E-state index in [1.807, 2.05) is 36.4 Å². The average molecular weight is 250 g/mol. The molecular formula is C13H10N6. The SMILES string of the molecule is N#Cc1ncn(Cc2cc3ccccc3nc2N)n1. The van der Waals surface area contributed by atoms with E-state index in [-0.39, 0.29) is 5.82 Å². The first-order valence-electron chi connectivity index (χ1n) is 5.70. The normalized spacial score (nSPS) is 10.5. The molecule has 19 heavy (non-hydrogen) atoms. The molecule has 92 valence electrons. The van der Waals surface area contributed by atoms with E-state index in [0.29, 0.717) is 12.4 Å². The molecule has 0 saturated heterocycles. The van der Waals surface area contributed by atoms with Gasteiger partial charge in [-0.05, 0) is 12.1 Å². The van der Waals surface area contributed by atoms with Crippen LogP contribution in [0.4, 0.5) is 5.82 Å². The van der Waals surface area contributed by atoms with Gasteiger partial charge in [-0.1, -0.05) is 18.2 Å². The highest BCUT2D eigenvalue weighted by molar-refractivity contribution is 5.81. The molecule has 0 fully saturated rings. The van der Waals surface area contributed by atoms with Crippen LogP contribution in [0.3, 0.4) is 0 Å². The first-order chi connectivity index (χ1) is 9.26. The summed E-state index contributed by atoms with van der Waals surface area (Å²) in [6, 6.07) is 11.6. The molecule has 3 rings (SSSR count). The summed E-state index contributed by atoms with van der Waals surface area (Å²) in [5.74, 6) is 0.611. The van der Waals surface area contributed by atoms with Crippen molar-refractivity contribution in [1.82, 2.24) is 19.7 Å². The van der Waals surface area contributed by atoms with Crippen molar-refractivity contribution in [3.05, 3.63) is 48.0 Å². The number of nitriles is 1. The fraction of sp³-hybridized carbons (Fsp3) is 0.0769. The van der Waals surface area contributed by atoms with Gasteiger partial charge in [-0.25, -0.2) is 14.6 Å². The van der Waals surface area contributed by atoms with Gasteiger partial charge in [0.25, 0.3) is 5.82 Å². The van der Waals surface area contributed by atoms with Crippen molar-refractivity contribution in [2.24, 2.45) is 0 Å². The predicted octanol–water partition coefficient (Wildman–Crippen LogP) is 1.33. The Morgan fingerprint density at radius 1 is 1.32 bits per heavy atom. The monoisotopic (exact) mass is 250 g/mol. The van der Waals surface area contributed by atoms with Crippen molar-refractivity contribution in [2.45, 2.75) is 6.54 Å². The minimum atomic E-state index is 0.146. The highest BCUT2D eigenvalue weighted by Crippen LogP contribution is 2.18. The minimum absolute atomic E-state index is 0.146. The molecular weight excluding hydrogens is 240 g/mol. The van der Waals surface area contributed by atoms with Crippen molar-refractivity contribution in [1.29, 1.82) is 5.26 Å². The number of nitrogen functional groups attached to an aromatic ring is 1. The molecule has 0 radical (unpaired) electrons. The molecule has 0 saturated carbocycles. The van der Waals surface area contributed by atoms with Crippen LogP contribution in [-0.4, -0.2) is 19.7 Å². The Hall–Kier alpha value is -2.94. The lowest BCUT2D eigenvalue weighted by molar-refractivity contribution is 0.683. The summed E-state index contributed by atoms with van der Waals surface area (Å²) in [6.45, 7) is 0.443. The zero-order valence-electron chi connectivity index (χ0n) is 9.98. The first kappa shape index (κ1) is 11.2. The van der Waals surface area contributed by atoms with Gasteiger partial charge in [0.15, 0.2) is 0 Å². The number of benzene rings is 1. The summed E-state index contributed by atoms with van der Waals surface area (Å²) in [6.07, 6.45) is 1.51. The summed E-state index contributed by atoms with van der Waals surface area (Å²) in [7, 11) is 0. The van der Waals surface area contributed by atoms with Crippen LogP contribution in [0.15, 0.2) is 36.7 Å². The highest BCUT2D eigenvalue weighted by atomic mass is 15.3. The maximum Gasteiger partial charge on any atom is 0.252 e. The topological polar surface area (TPSA) is 93.4 Å². The standard InChI is InChI=1S/C13H10N6/c14-6-12-16-8-19(18-12)7-10-5-9-3-1-2-4-11(9)17-13(10)15/h1-5,8H,7H2,(H2,15,17). The quantitative estimate of drug-likeness (QED) is 0.740. The van der Waals surface area contributed by atoms with Gasteiger partial charge in [-0.15, -0.1) is 5.10 Å². The minimum Gasteiger partial charge on any atom is -0.383 e. The van der Waals surface area contributed by atoms with Crippen LogP contribution in [0.25, 0.3) is 10.9 Å². The summed E-state index contributed by atoms with van der Waals surface area (Å²) in [4.78, 5) is 8.20. The molecule has 2 aromatic heterocycles. The van der Waals surface area contributed by atoms with Gasteiger partial charge >= 0.3 is 0 Å². The van der Waals surface area contributed by atoms with Crippen molar-refractivity contribution in [3.63, 3.8) is 0 Å². The molecule has 0 spiro atoms. The lowest BCUT2D eigenvalue weighted by Crippen LogP contribution is -2.05.